The van der Waals surface area contributed by atoms with Crippen LogP contribution in [0.1, 0.15) is 35.8 Å². The molecule has 198 valence electrons. The number of hydrogen-bond acceptors (Lipinski definition) is 5. The van der Waals surface area contributed by atoms with Crippen molar-refractivity contribution in [1.29, 1.82) is 0 Å². The second-order valence-corrected chi connectivity index (χ2v) is 10.4. The number of ether oxygens (including phenoxy) is 1. The second-order valence-electron chi connectivity index (χ2n) is 9.32. The van der Waals surface area contributed by atoms with Gasteiger partial charge in [0.15, 0.2) is 0 Å². The summed E-state index contributed by atoms with van der Waals surface area (Å²) >= 11 is 1.30. The fraction of sp³-hybridized carbons (Fsp3) is 0.188. The molecule has 0 spiro atoms. The topological polar surface area (TPSA) is 88.8 Å². The summed E-state index contributed by atoms with van der Waals surface area (Å²) in [6, 6.07) is 31.5. The predicted molar refractivity (Wildman–Crippen MR) is 153 cm³/mol. The van der Waals surface area contributed by atoms with Crippen LogP contribution < -0.4 is 0 Å². The zero-order valence-electron chi connectivity index (χ0n) is 21.3. The van der Waals surface area contributed by atoms with Crippen molar-refractivity contribution in [3.63, 3.8) is 0 Å². The molecule has 0 saturated carbocycles. The molecular formula is C32H29NO5S. The molecule has 0 amide bonds. The number of carboxylic acid groups (broad SMARTS) is 1. The molecule has 1 aliphatic heterocycles. The van der Waals surface area contributed by atoms with Gasteiger partial charge >= 0.3 is 11.9 Å². The summed E-state index contributed by atoms with van der Waals surface area (Å²) in [7, 11) is 0. The van der Waals surface area contributed by atoms with E-state index in [1.54, 1.807) is 0 Å². The molecule has 0 radical (unpaired) electrons. The van der Waals surface area contributed by atoms with Gasteiger partial charge in [0.25, 0.3) is 0 Å². The van der Waals surface area contributed by atoms with Crippen molar-refractivity contribution in [3.8, 4) is 16.9 Å². The van der Waals surface area contributed by atoms with Crippen LogP contribution in [0.4, 0.5) is 0 Å². The Morgan fingerprint density at radius 2 is 1.56 bits per heavy atom. The minimum atomic E-state index is -0.913. The summed E-state index contributed by atoms with van der Waals surface area (Å²) in [5, 5.41) is 20.4. The van der Waals surface area contributed by atoms with Crippen molar-refractivity contribution >= 4 is 23.7 Å². The number of aliphatic carboxylic acids is 1. The highest BCUT2D eigenvalue weighted by atomic mass is 32.2. The molecule has 3 aromatic carbocycles. The van der Waals surface area contributed by atoms with Gasteiger partial charge in [0.2, 0.25) is 0 Å². The van der Waals surface area contributed by atoms with Crippen molar-refractivity contribution in [2.24, 2.45) is 0 Å². The number of thioether (sulfide) groups is 1. The lowest BCUT2D eigenvalue weighted by molar-refractivity contribution is -0.146. The number of rotatable bonds is 10. The predicted octanol–water partition coefficient (Wildman–Crippen LogP) is 6.90. The maximum atomic E-state index is 13.1. The molecule has 2 heterocycles. The minimum absolute atomic E-state index is 0.00668. The molecule has 6 nitrogen and oxygen atoms in total. The molecule has 1 aromatic heterocycles. The van der Waals surface area contributed by atoms with E-state index in [0.717, 1.165) is 34.6 Å². The third kappa shape index (κ3) is 6.10. The van der Waals surface area contributed by atoms with E-state index in [4.69, 9.17) is 4.74 Å². The number of aliphatic hydroxyl groups excluding tert-OH is 1. The first-order valence-corrected chi connectivity index (χ1v) is 13.9. The van der Waals surface area contributed by atoms with Gasteiger partial charge in [-0.05, 0) is 42.2 Å². The molecular weight excluding hydrogens is 510 g/mol. The van der Waals surface area contributed by atoms with Gasteiger partial charge in [-0.2, -0.15) is 0 Å². The lowest BCUT2D eigenvalue weighted by Gasteiger charge is -2.25. The van der Waals surface area contributed by atoms with E-state index in [2.05, 4.69) is 0 Å². The van der Waals surface area contributed by atoms with Crippen molar-refractivity contribution < 1.29 is 24.5 Å². The van der Waals surface area contributed by atoms with Crippen molar-refractivity contribution in [2.45, 2.75) is 31.8 Å². The number of cyclic esters (lactones) is 1. The molecule has 5 rings (SSSR count). The van der Waals surface area contributed by atoms with Crippen LogP contribution in [-0.4, -0.2) is 32.5 Å². The normalized spacial score (nSPS) is 15.3. The molecule has 0 aliphatic carbocycles. The van der Waals surface area contributed by atoms with E-state index in [1.807, 2.05) is 102 Å². The summed E-state index contributed by atoms with van der Waals surface area (Å²) in [6.07, 6.45) is 0.322. The van der Waals surface area contributed by atoms with E-state index >= 15 is 0 Å². The van der Waals surface area contributed by atoms with Gasteiger partial charge in [0.1, 0.15) is 16.8 Å². The van der Waals surface area contributed by atoms with Gasteiger partial charge in [-0.3, -0.25) is 4.79 Å². The monoisotopic (exact) mass is 539 g/mol. The third-order valence-electron chi connectivity index (χ3n) is 6.70. The first-order chi connectivity index (χ1) is 19.0. The summed E-state index contributed by atoms with van der Waals surface area (Å²) < 4.78 is 7.94. The average Bonchev–Trinajstić information content (AvgIpc) is 3.34. The number of carbonyl (C=O) groups is 2. The maximum Gasteiger partial charge on any atom is 0.348 e. The largest absolute Gasteiger partial charge is 0.511 e. The Kier molecular flexibility index (Phi) is 8.18. The molecule has 7 heteroatoms. The summed E-state index contributed by atoms with van der Waals surface area (Å²) in [5.74, 6) is -0.828. The Morgan fingerprint density at radius 3 is 2.21 bits per heavy atom. The van der Waals surface area contributed by atoms with Gasteiger partial charge in [0, 0.05) is 29.1 Å². The van der Waals surface area contributed by atoms with E-state index < -0.39 is 18.0 Å². The van der Waals surface area contributed by atoms with Gasteiger partial charge in [-0.25, -0.2) is 4.79 Å². The number of nitrogens with zero attached hydrogens (tertiary/aromatic N) is 1. The van der Waals surface area contributed by atoms with Crippen molar-refractivity contribution in [2.75, 3.05) is 5.75 Å². The van der Waals surface area contributed by atoms with Crippen LogP contribution in [0, 0.1) is 0 Å². The smallest absolute Gasteiger partial charge is 0.348 e. The number of aliphatic hydroxyl groups is 1. The molecule has 1 unspecified atom stereocenters. The van der Waals surface area contributed by atoms with Crippen LogP contribution >= 0.6 is 11.8 Å². The molecule has 1 atom stereocenters. The Bertz CT molecular complexity index is 1480. The standard InChI is InChI=1S/C32H29NO5S/c34-28-21-29(38-32(37)31(28)39-19-18-22-10-4-1-5-11-22)25-20-27(23-12-6-2-7-13-23)33(24-14-8-3-9-15-24)26(25)16-17-30(35)36/h1-15,20,29,34H,16-19,21H2,(H,35,36). The Morgan fingerprint density at radius 1 is 0.923 bits per heavy atom. The lowest BCUT2D eigenvalue weighted by atomic mass is 10.0. The quantitative estimate of drug-likeness (QED) is 0.213. The Labute approximate surface area is 231 Å². The number of aromatic nitrogens is 1. The van der Waals surface area contributed by atoms with Crippen LogP contribution in [0.5, 0.6) is 0 Å². The highest BCUT2D eigenvalue weighted by molar-refractivity contribution is 8.04. The minimum Gasteiger partial charge on any atom is -0.511 e. The average molecular weight is 540 g/mol. The molecule has 0 bridgehead atoms. The van der Waals surface area contributed by atoms with Crippen LogP contribution in [0.3, 0.4) is 0 Å². The highest BCUT2D eigenvalue weighted by Crippen LogP contribution is 2.41. The Balaban J connectivity index is 1.50. The maximum absolute atomic E-state index is 13.1. The lowest BCUT2D eigenvalue weighted by Crippen LogP contribution is -2.21. The van der Waals surface area contributed by atoms with E-state index in [-0.39, 0.29) is 29.9 Å². The number of para-hydroxylation sites is 1. The zero-order valence-corrected chi connectivity index (χ0v) is 22.1. The summed E-state index contributed by atoms with van der Waals surface area (Å²) in [5.41, 5.74) is 5.29. The second kappa shape index (κ2) is 12.1. The Hall–Kier alpha value is -4.23. The molecule has 0 fully saturated rings. The highest BCUT2D eigenvalue weighted by Gasteiger charge is 2.34. The zero-order chi connectivity index (χ0) is 27.2. The van der Waals surface area contributed by atoms with Crippen LogP contribution in [0.15, 0.2) is 108 Å². The van der Waals surface area contributed by atoms with Gasteiger partial charge in [-0.1, -0.05) is 78.9 Å². The fourth-order valence-corrected chi connectivity index (χ4v) is 5.82. The van der Waals surface area contributed by atoms with Gasteiger partial charge in [-0.15, -0.1) is 11.8 Å². The van der Waals surface area contributed by atoms with E-state index in [9.17, 15) is 19.8 Å². The van der Waals surface area contributed by atoms with Crippen LogP contribution in [-0.2, 0) is 27.2 Å². The molecule has 39 heavy (non-hydrogen) atoms. The first kappa shape index (κ1) is 26.4. The molecule has 0 saturated heterocycles. The third-order valence-corrected chi connectivity index (χ3v) is 7.80. The van der Waals surface area contributed by atoms with Crippen molar-refractivity contribution in [3.05, 3.63) is 125 Å². The molecule has 1 aliphatic rings. The number of esters is 1. The van der Waals surface area contributed by atoms with E-state index in [0.29, 0.717) is 11.3 Å². The number of benzene rings is 3. The SMILES string of the molecule is O=C(O)CCc1c(C2CC(O)=C(SCCc3ccccc3)C(=O)O2)cc(-c2ccccc2)n1-c1ccccc1. The van der Waals surface area contributed by atoms with Gasteiger partial charge < -0.3 is 19.5 Å². The van der Waals surface area contributed by atoms with Crippen LogP contribution in [0.2, 0.25) is 0 Å². The molecule has 4 aromatic rings. The molecule has 2 N–H and O–H groups in total. The van der Waals surface area contributed by atoms with Gasteiger partial charge in [0.05, 0.1) is 12.1 Å². The number of carbonyl (C=O) groups excluding carboxylic acids is 1. The van der Waals surface area contributed by atoms with E-state index in [1.165, 1.54) is 11.8 Å². The first-order valence-electron chi connectivity index (χ1n) is 12.9. The number of aryl methyl sites for hydroxylation is 1. The number of hydrogen-bond donors (Lipinski definition) is 2. The number of carboxylic acids is 1. The van der Waals surface area contributed by atoms with Crippen molar-refractivity contribution in [1.82, 2.24) is 4.57 Å². The summed E-state index contributed by atoms with van der Waals surface area (Å²) in [6.45, 7) is 0. The summed E-state index contributed by atoms with van der Waals surface area (Å²) in [4.78, 5) is 24.9. The van der Waals surface area contributed by atoms with Crippen LogP contribution in [0.25, 0.3) is 16.9 Å². The fourth-order valence-electron chi connectivity index (χ4n) is 4.87.